The van der Waals surface area contributed by atoms with Crippen molar-refractivity contribution in [2.24, 2.45) is 10.8 Å². The molecule has 0 bridgehead atoms. The summed E-state index contributed by atoms with van der Waals surface area (Å²) in [6.45, 7) is 2.88. The van der Waals surface area contributed by atoms with E-state index in [4.69, 9.17) is 10.3 Å². The van der Waals surface area contributed by atoms with Gasteiger partial charge in [0.1, 0.15) is 0 Å². The predicted molar refractivity (Wildman–Crippen MR) is 84.6 cm³/mol. The van der Waals surface area contributed by atoms with Crippen LogP contribution < -0.4 is 11.2 Å². The van der Waals surface area contributed by atoms with E-state index in [9.17, 15) is 4.79 Å². The fourth-order valence-corrected chi connectivity index (χ4v) is 2.46. The molecular weight excluding hydrogens is 296 g/mol. The number of benzene rings is 1. The van der Waals surface area contributed by atoms with Crippen LogP contribution >= 0.6 is 0 Å². The first-order valence-corrected chi connectivity index (χ1v) is 7.44. The number of amides is 2. The molecule has 0 aliphatic carbocycles. The number of likely N-dealkylation sites (tertiary alicyclic amines) is 1. The van der Waals surface area contributed by atoms with Crippen LogP contribution in [0.2, 0.25) is 0 Å². The Morgan fingerprint density at radius 3 is 2.78 bits per heavy atom. The van der Waals surface area contributed by atoms with Crippen LogP contribution in [0.25, 0.3) is 11.4 Å². The third-order valence-electron chi connectivity index (χ3n) is 3.58. The minimum atomic E-state index is -0.699. The van der Waals surface area contributed by atoms with Crippen molar-refractivity contribution < 1.29 is 9.32 Å². The minimum absolute atomic E-state index is 0.568. The highest BCUT2D eigenvalue weighted by molar-refractivity contribution is 5.82. The molecule has 0 unspecified atom stereocenters. The van der Waals surface area contributed by atoms with Crippen molar-refractivity contribution in [2.75, 3.05) is 13.1 Å². The summed E-state index contributed by atoms with van der Waals surface area (Å²) < 4.78 is 5.31. The zero-order valence-corrected chi connectivity index (χ0v) is 12.6. The summed E-state index contributed by atoms with van der Waals surface area (Å²) in [7, 11) is 0. The van der Waals surface area contributed by atoms with Gasteiger partial charge in [0.2, 0.25) is 11.7 Å². The summed E-state index contributed by atoms with van der Waals surface area (Å²) in [5.41, 5.74) is 8.75. The van der Waals surface area contributed by atoms with Gasteiger partial charge in [-0.2, -0.15) is 10.1 Å². The van der Waals surface area contributed by atoms with Crippen LogP contribution in [0.15, 0.2) is 33.9 Å². The van der Waals surface area contributed by atoms with Crippen LogP contribution in [0.4, 0.5) is 4.79 Å². The topological polar surface area (TPSA) is 110 Å². The lowest BCUT2D eigenvalue weighted by atomic mass is 10.1. The molecule has 1 aromatic heterocycles. The molecule has 0 spiro atoms. The Balaban J connectivity index is 1.63. The minimum Gasteiger partial charge on any atom is -0.350 e. The van der Waals surface area contributed by atoms with E-state index in [1.54, 1.807) is 0 Å². The average molecular weight is 314 g/mol. The lowest BCUT2D eigenvalue weighted by Gasteiger charge is -2.09. The third-order valence-corrected chi connectivity index (χ3v) is 3.58. The number of hydrogen-bond donors (Lipinski definition) is 2. The van der Waals surface area contributed by atoms with Gasteiger partial charge < -0.3 is 10.3 Å². The van der Waals surface area contributed by atoms with Gasteiger partial charge in [0.15, 0.2) is 0 Å². The largest absolute Gasteiger partial charge is 0.350 e. The highest BCUT2D eigenvalue weighted by Crippen LogP contribution is 2.18. The first-order valence-electron chi connectivity index (χ1n) is 7.44. The van der Waals surface area contributed by atoms with Gasteiger partial charge in [-0.1, -0.05) is 29.4 Å². The monoisotopic (exact) mass is 314 g/mol. The summed E-state index contributed by atoms with van der Waals surface area (Å²) in [5, 5.41) is 7.72. The molecule has 1 saturated heterocycles. The Kier molecular flexibility index (Phi) is 4.62. The standard InChI is InChI=1S/C15H18N6O2/c16-15(22)19-17-9-11-3-5-12(6-4-11)14-18-13(23-20-14)10-21-7-1-2-8-21/h3-6,9H,1-2,7-8,10H2,(H3,16,19,22). The van der Waals surface area contributed by atoms with E-state index in [1.807, 2.05) is 24.3 Å². The molecule has 23 heavy (non-hydrogen) atoms. The molecule has 3 rings (SSSR count). The number of primary amides is 1. The number of carbonyl (C=O) groups excluding carboxylic acids is 1. The summed E-state index contributed by atoms with van der Waals surface area (Å²) >= 11 is 0. The predicted octanol–water partition coefficient (Wildman–Crippen LogP) is 1.33. The summed E-state index contributed by atoms with van der Waals surface area (Å²) in [6, 6.07) is 6.73. The quantitative estimate of drug-likeness (QED) is 0.639. The SMILES string of the molecule is NC(=O)NN=Cc1ccc(-c2noc(CN3CCCC3)n2)cc1. The van der Waals surface area contributed by atoms with Crippen molar-refractivity contribution in [2.45, 2.75) is 19.4 Å². The molecule has 2 heterocycles. The van der Waals surface area contributed by atoms with Crippen LogP contribution in [0.3, 0.4) is 0 Å². The van der Waals surface area contributed by atoms with Crippen molar-refractivity contribution in [3.05, 3.63) is 35.7 Å². The highest BCUT2D eigenvalue weighted by atomic mass is 16.5. The Hall–Kier alpha value is -2.74. The second-order valence-corrected chi connectivity index (χ2v) is 5.35. The number of urea groups is 1. The maximum atomic E-state index is 10.5. The number of hydrogen-bond acceptors (Lipinski definition) is 6. The molecule has 2 aromatic rings. The highest BCUT2D eigenvalue weighted by Gasteiger charge is 2.16. The summed E-state index contributed by atoms with van der Waals surface area (Å²) in [6.07, 6.45) is 3.97. The number of carbonyl (C=O) groups is 1. The molecule has 8 nitrogen and oxygen atoms in total. The van der Waals surface area contributed by atoms with Crippen LogP contribution in [-0.4, -0.2) is 40.4 Å². The number of nitrogens with two attached hydrogens (primary N) is 1. The van der Waals surface area contributed by atoms with Crippen LogP contribution in [-0.2, 0) is 6.54 Å². The number of hydrazone groups is 1. The molecule has 0 radical (unpaired) electrons. The van der Waals surface area contributed by atoms with Crippen molar-refractivity contribution >= 4 is 12.2 Å². The maximum absolute atomic E-state index is 10.5. The lowest BCUT2D eigenvalue weighted by molar-refractivity contribution is 0.249. The Labute approximate surface area is 133 Å². The van der Waals surface area contributed by atoms with E-state index in [0.717, 1.165) is 24.2 Å². The van der Waals surface area contributed by atoms with E-state index in [1.165, 1.54) is 19.1 Å². The van der Waals surface area contributed by atoms with Crippen molar-refractivity contribution in [1.29, 1.82) is 0 Å². The van der Waals surface area contributed by atoms with Gasteiger partial charge in [-0.15, -0.1) is 0 Å². The van der Waals surface area contributed by atoms with Gasteiger partial charge in [0, 0.05) is 5.56 Å². The van der Waals surface area contributed by atoms with E-state index in [2.05, 4.69) is 25.6 Å². The third kappa shape index (κ3) is 4.13. The van der Waals surface area contributed by atoms with Crippen molar-refractivity contribution in [3.8, 4) is 11.4 Å². The fourth-order valence-electron chi connectivity index (χ4n) is 2.46. The molecule has 2 amide bonds. The zero-order valence-electron chi connectivity index (χ0n) is 12.6. The van der Waals surface area contributed by atoms with Crippen LogP contribution in [0.5, 0.6) is 0 Å². The number of rotatable bonds is 5. The van der Waals surface area contributed by atoms with Crippen molar-refractivity contribution in [1.82, 2.24) is 20.5 Å². The summed E-state index contributed by atoms with van der Waals surface area (Å²) in [4.78, 5) is 17.3. The smallest absolute Gasteiger partial charge is 0.332 e. The first kappa shape index (κ1) is 15.2. The Morgan fingerprint density at radius 1 is 1.35 bits per heavy atom. The van der Waals surface area contributed by atoms with Gasteiger partial charge in [0.05, 0.1) is 12.8 Å². The molecule has 1 aromatic carbocycles. The molecule has 0 atom stereocenters. The number of nitrogens with zero attached hydrogens (tertiary/aromatic N) is 4. The van der Waals surface area contributed by atoms with Gasteiger partial charge in [0.25, 0.3) is 0 Å². The number of aromatic nitrogens is 2. The Morgan fingerprint density at radius 2 is 2.09 bits per heavy atom. The van der Waals surface area contributed by atoms with E-state index < -0.39 is 6.03 Å². The van der Waals surface area contributed by atoms with Gasteiger partial charge in [-0.3, -0.25) is 4.90 Å². The maximum Gasteiger partial charge on any atom is 0.332 e. The molecule has 8 heteroatoms. The fraction of sp³-hybridized carbons (Fsp3) is 0.333. The van der Waals surface area contributed by atoms with Gasteiger partial charge >= 0.3 is 6.03 Å². The molecular formula is C15H18N6O2. The first-order chi connectivity index (χ1) is 11.2. The van der Waals surface area contributed by atoms with Crippen molar-refractivity contribution in [3.63, 3.8) is 0 Å². The normalized spacial score (nSPS) is 15.3. The molecule has 1 fully saturated rings. The second kappa shape index (κ2) is 7.01. The molecule has 1 aliphatic heterocycles. The van der Waals surface area contributed by atoms with Gasteiger partial charge in [-0.05, 0) is 31.5 Å². The van der Waals surface area contributed by atoms with E-state index >= 15 is 0 Å². The average Bonchev–Trinajstić information content (AvgIpc) is 3.20. The zero-order chi connectivity index (χ0) is 16.1. The molecule has 120 valence electrons. The van der Waals surface area contributed by atoms with Crippen LogP contribution in [0, 0.1) is 0 Å². The van der Waals surface area contributed by atoms with Crippen LogP contribution in [0.1, 0.15) is 24.3 Å². The lowest BCUT2D eigenvalue weighted by Crippen LogP contribution is -2.24. The van der Waals surface area contributed by atoms with Gasteiger partial charge in [-0.25, -0.2) is 10.2 Å². The molecule has 0 saturated carbocycles. The molecule has 1 aliphatic rings. The number of nitrogens with one attached hydrogen (secondary N) is 1. The second-order valence-electron chi connectivity index (χ2n) is 5.35. The van der Waals surface area contributed by atoms with E-state index in [-0.39, 0.29) is 0 Å². The molecule has 3 N–H and O–H groups in total. The Bertz CT molecular complexity index is 688. The summed E-state index contributed by atoms with van der Waals surface area (Å²) in [5.74, 6) is 1.20. The van der Waals surface area contributed by atoms with E-state index in [0.29, 0.717) is 18.3 Å².